The van der Waals surface area contributed by atoms with Gasteiger partial charge in [-0.05, 0) is 36.4 Å². The largest absolute Gasteiger partial charge is 0.497 e. The zero-order valence-electron chi connectivity index (χ0n) is 13.7. The SMILES string of the molecule is COc1cccc(S(=O)(=O)Nc2ccc3[nH]c(=O)c4[nH]ccc4c3c2)c1. The number of pyridine rings is 1. The van der Waals surface area contributed by atoms with Gasteiger partial charge in [0.25, 0.3) is 15.6 Å². The second kappa shape index (κ2) is 5.92. The molecule has 2 aromatic carbocycles. The van der Waals surface area contributed by atoms with Crippen LogP contribution in [-0.2, 0) is 10.0 Å². The fourth-order valence-electron chi connectivity index (χ4n) is 2.89. The number of aromatic amines is 2. The normalized spacial score (nSPS) is 11.7. The molecule has 0 unspecified atom stereocenters. The molecule has 0 atom stereocenters. The van der Waals surface area contributed by atoms with Crippen molar-refractivity contribution >= 4 is 37.5 Å². The predicted octanol–water partition coefficient (Wildman–Crippen LogP) is 2.82. The summed E-state index contributed by atoms with van der Waals surface area (Å²) in [5, 5.41) is 1.47. The predicted molar refractivity (Wildman–Crippen MR) is 100 cm³/mol. The smallest absolute Gasteiger partial charge is 0.272 e. The average Bonchev–Trinajstić information content (AvgIpc) is 3.13. The molecule has 0 spiro atoms. The Bertz CT molecular complexity index is 1290. The van der Waals surface area contributed by atoms with Gasteiger partial charge in [0.1, 0.15) is 11.3 Å². The van der Waals surface area contributed by atoms with Crippen LogP contribution in [0.1, 0.15) is 0 Å². The third kappa shape index (κ3) is 2.70. The molecule has 0 aliphatic rings. The van der Waals surface area contributed by atoms with Gasteiger partial charge in [0.05, 0.1) is 12.0 Å². The molecule has 2 aromatic heterocycles. The van der Waals surface area contributed by atoms with Gasteiger partial charge in [-0.15, -0.1) is 0 Å². The van der Waals surface area contributed by atoms with Crippen molar-refractivity contribution in [2.45, 2.75) is 4.90 Å². The summed E-state index contributed by atoms with van der Waals surface area (Å²) in [6, 6.07) is 13.0. The van der Waals surface area contributed by atoms with E-state index in [4.69, 9.17) is 4.74 Å². The van der Waals surface area contributed by atoms with E-state index in [0.29, 0.717) is 22.5 Å². The summed E-state index contributed by atoms with van der Waals surface area (Å²) in [7, 11) is -2.29. The first-order valence-electron chi connectivity index (χ1n) is 7.78. The minimum absolute atomic E-state index is 0.102. The second-order valence-corrected chi connectivity index (χ2v) is 7.45. The van der Waals surface area contributed by atoms with Crippen LogP contribution >= 0.6 is 0 Å². The lowest BCUT2D eigenvalue weighted by Crippen LogP contribution is -2.13. The highest BCUT2D eigenvalue weighted by Crippen LogP contribution is 2.26. The van der Waals surface area contributed by atoms with E-state index in [1.165, 1.54) is 19.2 Å². The van der Waals surface area contributed by atoms with Crippen LogP contribution in [0.15, 0.2) is 64.4 Å². The number of anilines is 1. The molecule has 8 heteroatoms. The Morgan fingerprint density at radius 3 is 2.69 bits per heavy atom. The number of rotatable bonds is 4. The van der Waals surface area contributed by atoms with E-state index in [1.807, 2.05) is 0 Å². The van der Waals surface area contributed by atoms with Crippen molar-refractivity contribution in [1.29, 1.82) is 0 Å². The molecule has 0 aliphatic heterocycles. The van der Waals surface area contributed by atoms with Gasteiger partial charge in [0.15, 0.2) is 0 Å². The Morgan fingerprint density at radius 2 is 1.88 bits per heavy atom. The highest BCUT2D eigenvalue weighted by Gasteiger charge is 2.16. The maximum atomic E-state index is 12.6. The number of ether oxygens (including phenoxy) is 1. The van der Waals surface area contributed by atoms with Gasteiger partial charge in [-0.3, -0.25) is 9.52 Å². The number of nitrogens with one attached hydrogen (secondary N) is 3. The molecule has 26 heavy (non-hydrogen) atoms. The van der Waals surface area contributed by atoms with Crippen LogP contribution in [-0.4, -0.2) is 25.5 Å². The lowest BCUT2D eigenvalue weighted by atomic mass is 10.1. The molecule has 0 aliphatic carbocycles. The van der Waals surface area contributed by atoms with Crippen molar-refractivity contribution < 1.29 is 13.2 Å². The monoisotopic (exact) mass is 369 g/mol. The molecule has 0 radical (unpaired) electrons. The van der Waals surface area contributed by atoms with Crippen LogP contribution < -0.4 is 15.0 Å². The van der Waals surface area contributed by atoms with Gasteiger partial charge in [-0.2, -0.15) is 0 Å². The Morgan fingerprint density at radius 1 is 1.04 bits per heavy atom. The number of methoxy groups -OCH3 is 1. The third-order valence-corrected chi connectivity index (χ3v) is 5.51. The van der Waals surface area contributed by atoms with E-state index >= 15 is 0 Å². The molecule has 4 aromatic rings. The van der Waals surface area contributed by atoms with Crippen LogP contribution in [0.4, 0.5) is 5.69 Å². The van der Waals surface area contributed by atoms with Crippen LogP contribution in [0.25, 0.3) is 21.8 Å². The number of H-pyrrole nitrogens is 2. The average molecular weight is 369 g/mol. The fourth-order valence-corrected chi connectivity index (χ4v) is 3.97. The molecule has 3 N–H and O–H groups in total. The molecule has 2 heterocycles. The third-order valence-electron chi connectivity index (χ3n) is 4.14. The van der Waals surface area contributed by atoms with E-state index in [-0.39, 0.29) is 10.5 Å². The van der Waals surface area contributed by atoms with Gasteiger partial charge in [-0.25, -0.2) is 8.42 Å². The van der Waals surface area contributed by atoms with Crippen molar-refractivity contribution in [3.05, 3.63) is 65.1 Å². The van der Waals surface area contributed by atoms with Gasteiger partial charge < -0.3 is 14.7 Å². The molecule has 0 saturated heterocycles. The number of hydrogen-bond donors (Lipinski definition) is 3. The minimum Gasteiger partial charge on any atom is -0.497 e. The van der Waals surface area contributed by atoms with Crippen molar-refractivity contribution in [3.63, 3.8) is 0 Å². The molecule has 0 saturated carbocycles. The van der Waals surface area contributed by atoms with Gasteiger partial charge in [-0.1, -0.05) is 6.07 Å². The lowest BCUT2D eigenvalue weighted by molar-refractivity contribution is 0.413. The van der Waals surface area contributed by atoms with E-state index < -0.39 is 10.0 Å². The summed E-state index contributed by atoms with van der Waals surface area (Å²) in [6.07, 6.45) is 1.67. The van der Waals surface area contributed by atoms with E-state index in [2.05, 4.69) is 14.7 Å². The van der Waals surface area contributed by atoms with Crippen LogP contribution in [0.5, 0.6) is 5.75 Å². The Balaban J connectivity index is 1.79. The summed E-state index contributed by atoms with van der Waals surface area (Å²) in [6.45, 7) is 0. The molecule has 0 amide bonds. The maximum absolute atomic E-state index is 12.6. The number of benzene rings is 2. The zero-order valence-corrected chi connectivity index (χ0v) is 14.6. The van der Waals surface area contributed by atoms with Crippen LogP contribution in [0, 0.1) is 0 Å². The zero-order chi connectivity index (χ0) is 18.3. The Hall–Kier alpha value is -3.26. The fraction of sp³-hybridized carbons (Fsp3) is 0.0556. The Kier molecular flexibility index (Phi) is 3.69. The highest BCUT2D eigenvalue weighted by atomic mass is 32.2. The first-order chi connectivity index (χ1) is 12.5. The molecular formula is C18H15N3O4S. The lowest BCUT2D eigenvalue weighted by Gasteiger charge is -2.10. The van der Waals surface area contributed by atoms with Gasteiger partial charge in [0, 0.05) is 34.2 Å². The first kappa shape index (κ1) is 16.2. The summed E-state index contributed by atoms with van der Waals surface area (Å²) in [5.74, 6) is 0.456. The van der Waals surface area contributed by atoms with Gasteiger partial charge >= 0.3 is 0 Å². The number of hydrogen-bond acceptors (Lipinski definition) is 4. The first-order valence-corrected chi connectivity index (χ1v) is 9.26. The maximum Gasteiger partial charge on any atom is 0.272 e. The topological polar surface area (TPSA) is 104 Å². The Labute approximate surface area is 148 Å². The molecule has 7 nitrogen and oxygen atoms in total. The molecule has 0 fully saturated rings. The van der Waals surface area contributed by atoms with Gasteiger partial charge in [0.2, 0.25) is 0 Å². The molecule has 4 rings (SSSR count). The van der Waals surface area contributed by atoms with Crippen LogP contribution in [0.3, 0.4) is 0 Å². The number of fused-ring (bicyclic) bond motifs is 3. The summed E-state index contributed by atoms with van der Waals surface area (Å²) < 4.78 is 32.9. The molecule has 0 bridgehead atoms. The summed E-state index contributed by atoms with van der Waals surface area (Å²) in [5.41, 5.74) is 1.26. The van der Waals surface area contributed by atoms with Crippen LogP contribution in [0.2, 0.25) is 0 Å². The molecular weight excluding hydrogens is 354 g/mol. The quantitative estimate of drug-likeness (QED) is 0.514. The van der Waals surface area contributed by atoms with E-state index in [1.54, 1.807) is 42.6 Å². The number of sulfonamides is 1. The second-order valence-electron chi connectivity index (χ2n) is 5.77. The van der Waals surface area contributed by atoms with Crippen molar-refractivity contribution in [2.75, 3.05) is 11.8 Å². The summed E-state index contributed by atoms with van der Waals surface area (Å²) in [4.78, 5) is 17.8. The molecule has 132 valence electrons. The number of aromatic nitrogens is 2. The summed E-state index contributed by atoms with van der Waals surface area (Å²) >= 11 is 0. The van der Waals surface area contributed by atoms with Crippen molar-refractivity contribution in [1.82, 2.24) is 9.97 Å². The standard InChI is InChI=1S/C18H15N3O4S/c1-25-12-3-2-4-13(10-12)26(23,24)21-11-5-6-16-15(9-11)14-7-8-19-17(14)18(22)20-16/h2-10,19,21H,1H3,(H,20,22). The van der Waals surface area contributed by atoms with E-state index in [0.717, 1.165) is 10.8 Å². The van der Waals surface area contributed by atoms with Crippen molar-refractivity contribution in [2.24, 2.45) is 0 Å². The minimum atomic E-state index is -3.77. The van der Waals surface area contributed by atoms with E-state index in [9.17, 15) is 13.2 Å². The highest BCUT2D eigenvalue weighted by molar-refractivity contribution is 7.92. The van der Waals surface area contributed by atoms with Crippen molar-refractivity contribution in [3.8, 4) is 5.75 Å².